The number of hydrogen-bond acceptors (Lipinski definition) is 5. The molecule has 0 heterocycles. The highest BCUT2D eigenvalue weighted by atomic mass is 35.5. The van der Waals surface area contributed by atoms with Crippen LogP contribution < -0.4 is 14.4 Å². The van der Waals surface area contributed by atoms with Gasteiger partial charge in [0.2, 0.25) is 11.8 Å². The minimum atomic E-state index is -4.28. The van der Waals surface area contributed by atoms with E-state index in [2.05, 4.69) is 5.32 Å². The summed E-state index contributed by atoms with van der Waals surface area (Å²) in [7, 11) is -2.83. The second-order valence-corrected chi connectivity index (χ2v) is 15.0. The number of hydrogen-bond donors (Lipinski definition) is 1. The summed E-state index contributed by atoms with van der Waals surface area (Å²) in [6.07, 6.45) is 5.10. The average molecular weight is 723 g/mol. The molecule has 0 bridgehead atoms. The Kier molecular flexibility index (Phi) is 12.3. The molecule has 4 aromatic carbocycles. The van der Waals surface area contributed by atoms with E-state index in [1.54, 1.807) is 54.6 Å². The van der Waals surface area contributed by atoms with Gasteiger partial charge in [0, 0.05) is 19.0 Å². The van der Waals surface area contributed by atoms with Crippen molar-refractivity contribution >= 4 is 50.7 Å². The van der Waals surface area contributed by atoms with Gasteiger partial charge in [0.25, 0.3) is 10.0 Å². The van der Waals surface area contributed by atoms with Crippen molar-refractivity contribution in [2.75, 3.05) is 18.0 Å². The fourth-order valence-electron chi connectivity index (χ4n) is 6.16. The van der Waals surface area contributed by atoms with Crippen LogP contribution in [0.3, 0.4) is 0 Å². The number of nitrogens with zero attached hydrogens (tertiary/aromatic N) is 2. The molecule has 0 saturated heterocycles. The molecule has 1 atom stereocenters. The van der Waals surface area contributed by atoms with Crippen molar-refractivity contribution in [2.24, 2.45) is 0 Å². The zero-order valence-corrected chi connectivity index (χ0v) is 30.0. The molecule has 0 spiro atoms. The Balaban J connectivity index is 1.61. The lowest BCUT2D eigenvalue weighted by Gasteiger charge is -2.35. The predicted octanol–water partition coefficient (Wildman–Crippen LogP) is 7.59. The lowest BCUT2D eigenvalue weighted by Crippen LogP contribution is -2.55. The summed E-state index contributed by atoms with van der Waals surface area (Å²) in [5, 5.41) is 3.87. The van der Waals surface area contributed by atoms with Crippen LogP contribution in [0.5, 0.6) is 5.75 Å². The van der Waals surface area contributed by atoms with Gasteiger partial charge in [0.05, 0.1) is 27.7 Å². The summed E-state index contributed by atoms with van der Waals surface area (Å²) < 4.78 is 35.4. The summed E-state index contributed by atoms with van der Waals surface area (Å²) in [4.78, 5) is 30.6. The molecule has 11 heteroatoms. The standard InChI is InChI=1S/C38H41Cl2N3O5S/c1-27-18-21-36(48-2)34(22-27)43(49(46,47)31-16-10-5-11-17-31)26-37(44)42(25-29-19-20-32(39)33(40)23-29)35(24-28-12-6-3-7-13-28)38(45)41-30-14-8-4-9-15-30/h3,5-7,10-13,16-23,30,35H,4,8-9,14-15,24-26H2,1-2H3,(H,41,45). The van der Waals surface area contributed by atoms with Gasteiger partial charge in [0.1, 0.15) is 18.3 Å². The van der Waals surface area contributed by atoms with Crippen LogP contribution in [0.4, 0.5) is 5.69 Å². The lowest BCUT2D eigenvalue weighted by atomic mass is 9.94. The number of nitrogens with one attached hydrogen (secondary N) is 1. The van der Waals surface area contributed by atoms with E-state index < -0.39 is 28.5 Å². The summed E-state index contributed by atoms with van der Waals surface area (Å²) in [5.74, 6) is -0.589. The van der Waals surface area contributed by atoms with Crippen molar-refractivity contribution in [1.82, 2.24) is 10.2 Å². The van der Waals surface area contributed by atoms with Gasteiger partial charge in [0.15, 0.2) is 0 Å². The van der Waals surface area contributed by atoms with E-state index >= 15 is 0 Å². The molecule has 0 aromatic heterocycles. The Hall–Kier alpha value is -4.05. The monoisotopic (exact) mass is 721 g/mol. The zero-order chi connectivity index (χ0) is 35.0. The summed E-state index contributed by atoms with van der Waals surface area (Å²) in [5.41, 5.74) is 2.47. The van der Waals surface area contributed by atoms with Crippen LogP contribution in [0.1, 0.15) is 48.8 Å². The van der Waals surface area contributed by atoms with Gasteiger partial charge >= 0.3 is 0 Å². The average Bonchev–Trinajstić information content (AvgIpc) is 3.11. The zero-order valence-electron chi connectivity index (χ0n) is 27.6. The normalized spacial score (nSPS) is 14.1. The van der Waals surface area contributed by atoms with Gasteiger partial charge in [-0.2, -0.15) is 0 Å². The van der Waals surface area contributed by atoms with Crippen LogP contribution in [0, 0.1) is 6.92 Å². The molecular formula is C38H41Cl2N3O5S. The number of carbonyl (C=O) groups is 2. The fourth-order valence-corrected chi connectivity index (χ4v) is 7.92. The van der Waals surface area contributed by atoms with Crippen molar-refractivity contribution in [3.05, 3.63) is 124 Å². The summed E-state index contributed by atoms with van der Waals surface area (Å²) >= 11 is 12.6. The van der Waals surface area contributed by atoms with Gasteiger partial charge in [-0.05, 0) is 72.9 Å². The number of methoxy groups -OCH3 is 1. The number of sulfonamides is 1. The second-order valence-electron chi connectivity index (χ2n) is 12.3. The first-order chi connectivity index (χ1) is 23.6. The molecule has 1 aliphatic rings. The first-order valence-corrected chi connectivity index (χ1v) is 18.6. The molecule has 49 heavy (non-hydrogen) atoms. The smallest absolute Gasteiger partial charge is 0.264 e. The van der Waals surface area contributed by atoms with Crippen molar-refractivity contribution in [1.29, 1.82) is 0 Å². The minimum absolute atomic E-state index is 0.00652. The Labute approximate surface area is 299 Å². The molecule has 258 valence electrons. The minimum Gasteiger partial charge on any atom is -0.495 e. The van der Waals surface area contributed by atoms with Crippen LogP contribution in [-0.4, -0.2) is 50.9 Å². The maximum atomic E-state index is 14.8. The van der Waals surface area contributed by atoms with E-state index in [0.29, 0.717) is 15.6 Å². The van der Waals surface area contributed by atoms with Crippen molar-refractivity contribution in [2.45, 2.75) is 69.0 Å². The van der Waals surface area contributed by atoms with Crippen LogP contribution in [-0.2, 0) is 32.6 Å². The number of anilines is 1. The third kappa shape index (κ3) is 9.15. The molecule has 5 rings (SSSR count). The van der Waals surface area contributed by atoms with E-state index in [-0.39, 0.29) is 41.2 Å². The SMILES string of the molecule is COc1ccc(C)cc1N(CC(=O)N(Cc1ccc(Cl)c(Cl)c1)C(Cc1ccccc1)C(=O)NC1CCCCC1)S(=O)(=O)c1ccccc1. The highest BCUT2D eigenvalue weighted by Gasteiger charge is 2.36. The molecule has 1 N–H and O–H groups in total. The van der Waals surface area contributed by atoms with Crippen LogP contribution >= 0.6 is 23.2 Å². The predicted molar refractivity (Wildman–Crippen MR) is 195 cm³/mol. The number of amides is 2. The highest BCUT2D eigenvalue weighted by Crippen LogP contribution is 2.34. The van der Waals surface area contributed by atoms with Gasteiger partial charge in [-0.3, -0.25) is 13.9 Å². The van der Waals surface area contributed by atoms with Crippen LogP contribution in [0.25, 0.3) is 0 Å². The number of rotatable bonds is 13. The van der Waals surface area contributed by atoms with Crippen molar-refractivity contribution in [3.63, 3.8) is 0 Å². The molecule has 4 aromatic rings. The summed E-state index contributed by atoms with van der Waals surface area (Å²) in [6, 6.07) is 26.6. The Morgan fingerprint density at radius 3 is 2.18 bits per heavy atom. The van der Waals surface area contributed by atoms with E-state index in [4.69, 9.17) is 27.9 Å². The third-order valence-corrected chi connectivity index (χ3v) is 11.3. The maximum Gasteiger partial charge on any atom is 0.264 e. The van der Waals surface area contributed by atoms with Crippen LogP contribution in [0.2, 0.25) is 10.0 Å². The van der Waals surface area contributed by atoms with Gasteiger partial charge in [-0.1, -0.05) is 103 Å². The number of carbonyl (C=O) groups excluding carboxylic acids is 2. The quantitative estimate of drug-likeness (QED) is 0.154. The highest BCUT2D eigenvalue weighted by molar-refractivity contribution is 7.92. The molecule has 0 radical (unpaired) electrons. The Morgan fingerprint density at radius 1 is 0.857 bits per heavy atom. The Morgan fingerprint density at radius 2 is 1.53 bits per heavy atom. The van der Waals surface area contributed by atoms with Crippen molar-refractivity contribution < 1.29 is 22.7 Å². The van der Waals surface area contributed by atoms with E-state index in [9.17, 15) is 18.0 Å². The molecule has 1 fully saturated rings. The number of benzene rings is 4. The van der Waals surface area contributed by atoms with Gasteiger partial charge in [-0.25, -0.2) is 8.42 Å². The first kappa shape index (κ1) is 36.2. The number of halogens is 2. The number of ether oxygens (including phenoxy) is 1. The number of aryl methyl sites for hydroxylation is 1. The lowest BCUT2D eigenvalue weighted by molar-refractivity contribution is -0.140. The second kappa shape index (κ2) is 16.6. The summed E-state index contributed by atoms with van der Waals surface area (Å²) in [6.45, 7) is 1.22. The molecule has 1 aliphatic carbocycles. The molecular weight excluding hydrogens is 681 g/mol. The molecule has 1 saturated carbocycles. The maximum absolute atomic E-state index is 14.8. The molecule has 1 unspecified atom stereocenters. The largest absolute Gasteiger partial charge is 0.495 e. The molecule has 0 aliphatic heterocycles. The third-order valence-electron chi connectivity index (χ3n) is 8.77. The van der Waals surface area contributed by atoms with E-state index in [1.807, 2.05) is 37.3 Å². The topological polar surface area (TPSA) is 96.0 Å². The molecule has 2 amide bonds. The van der Waals surface area contributed by atoms with Gasteiger partial charge < -0.3 is 15.0 Å². The van der Waals surface area contributed by atoms with Gasteiger partial charge in [-0.15, -0.1) is 0 Å². The molecule has 8 nitrogen and oxygen atoms in total. The van der Waals surface area contributed by atoms with Crippen molar-refractivity contribution in [3.8, 4) is 5.75 Å². The van der Waals surface area contributed by atoms with E-state index in [1.165, 1.54) is 24.1 Å². The van der Waals surface area contributed by atoms with E-state index in [0.717, 1.165) is 47.5 Å². The Bertz CT molecular complexity index is 1850. The van der Waals surface area contributed by atoms with Crippen LogP contribution in [0.15, 0.2) is 102 Å². The fraction of sp³-hybridized carbons (Fsp3) is 0.316. The first-order valence-electron chi connectivity index (χ1n) is 16.4.